The van der Waals surface area contributed by atoms with Crippen molar-refractivity contribution in [3.63, 3.8) is 0 Å². The molecule has 1 amide bonds. The van der Waals surface area contributed by atoms with Crippen molar-refractivity contribution in [2.24, 2.45) is 0 Å². The highest BCUT2D eigenvalue weighted by atomic mass is 35.5. The van der Waals surface area contributed by atoms with Crippen LogP contribution < -0.4 is 14.8 Å². The Morgan fingerprint density at radius 3 is 2.29 bits per heavy atom. The Bertz CT molecular complexity index is 1270. The molecule has 0 saturated heterocycles. The minimum atomic E-state index is -4.71. The summed E-state index contributed by atoms with van der Waals surface area (Å²) in [5, 5.41) is 2.24. The minimum absolute atomic E-state index is 0.0357. The SMILES string of the molecule is COc1ccc(S(=O)(=O)N[C@H](Cc2ccccc2)C(=O)Nc2ccccc2C(F)(F)F)cc1Cl. The van der Waals surface area contributed by atoms with E-state index in [0.717, 1.165) is 18.2 Å². The first-order valence-corrected chi connectivity index (χ1v) is 11.7. The fourth-order valence-corrected chi connectivity index (χ4v) is 4.71. The van der Waals surface area contributed by atoms with Crippen molar-refractivity contribution in [1.29, 1.82) is 0 Å². The zero-order valence-corrected chi connectivity index (χ0v) is 19.3. The molecule has 0 unspecified atom stereocenters. The van der Waals surface area contributed by atoms with Gasteiger partial charge in [-0.15, -0.1) is 0 Å². The summed E-state index contributed by atoms with van der Waals surface area (Å²) in [5.74, 6) is -0.702. The smallest absolute Gasteiger partial charge is 0.418 e. The largest absolute Gasteiger partial charge is 0.495 e. The summed E-state index contributed by atoms with van der Waals surface area (Å²) >= 11 is 6.03. The third-order valence-corrected chi connectivity index (χ3v) is 6.59. The Balaban J connectivity index is 1.93. The maximum absolute atomic E-state index is 13.4. The normalized spacial score (nSPS) is 12.7. The fraction of sp³-hybridized carbons (Fsp3) is 0.174. The van der Waals surface area contributed by atoms with Gasteiger partial charge in [0.05, 0.1) is 28.3 Å². The molecule has 0 aliphatic heterocycles. The van der Waals surface area contributed by atoms with Gasteiger partial charge in [0.2, 0.25) is 15.9 Å². The Hall–Kier alpha value is -3.08. The zero-order valence-electron chi connectivity index (χ0n) is 17.8. The van der Waals surface area contributed by atoms with Crippen LogP contribution in [0.25, 0.3) is 0 Å². The van der Waals surface area contributed by atoms with Crippen LogP contribution in [0.1, 0.15) is 11.1 Å². The quantitative estimate of drug-likeness (QED) is 0.450. The predicted molar refractivity (Wildman–Crippen MR) is 122 cm³/mol. The maximum Gasteiger partial charge on any atom is 0.418 e. The Labute approximate surface area is 199 Å². The zero-order chi connectivity index (χ0) is 24.9. The number of alkyl halides is 3. The minimum Gasteiger partial charge on any atom is -0.495 e. The molecule has 1 atom stereocenters. The lowest BCUT2D eigenvalue weighted by molar-refractivity contribution is -0.137. The number of nitrogens with one attached hydrogen (secondary N) is 2. The van der Waals surface area contributed by atoms with Gasteiger partial charge in [0.15, 0.2) is 0 Å². The van der Waals surface area contributed by atoms with E-state index in [1.807, 2.05) is 0 Å². The van der Waals surface area contributed by atoms with Crippen LogP contribution in [0.15, 0.2) is 77.7 Å². The summed E-state index contributed by atoms with van der Waals surface area (Å²) in [6.45, 7) is 0. The van der Waals surface area contributed by atoms with Crippen LogP contribution in [0.3, 0.4) is 0 Å². The molecule has 0 bridgehead atoms. The lowest BCUT2D eigenvalue weighted by Gasteiger charge is -2.20. The number of anilines is 1. The molecule has 6 nitrogen and oxygen atoms in total. The second-order valence-corrected chi connectivity index (χ2v) is 9.31. The van der Waals surface area contributed by atoms with Gasteiger partial charge in [-0.2, -0.15) is 17.9 Å². The van der Waals surface area contributed by atoms with E-state index in [2.05, 4.69) is 10.0 Å². The number of para-hydroxylation sites is 1. The molecule has 0 aliphatic rings. The van der Waals surface area contributed by atoms with Gasteiger partial charge in [0.25, 0.3) is 0 Å². The summed E-state index contributed by atoms with van der Waals surface area (Å²) in [7, 11) is -2.91. The highest BCUT2D eigenvalue weighted by Crippen LogP contribution is 2.34. The van der Waals surface area contributed by atoms with Crippen molar-refractivity contribution in [2.45, 2.75) is 23.5 Å². The summed E-state index contributed by atoms with van der Waals surface area (Å²) in [4.78, 5) is 12.8. The summed E-state index contributed by atoms with van der Waals surface area (Å²) < 4.78 is 73.3. The number of benzene rings is 3. The van der Waals surface area contributed by atoms with Crippen LogP contribution in [-0.2, 0) is 27.4 Å². The van der Waals surface area contributed by atoms with Crippen LogP contribution in [0.5, 0.6) is 5.75 Å². The standard InChI is InChI=1S/C23H20ClF3N2O4S/c1-33-21-12-11-16(14-18(21)24)34(31,32)29-20(13-15-7-3-2-4-8-15)22(30)28-19-10-6-5-9-17(19)23(25,26)27/h2-12,14,20,29H,13H2,1H3,(H,28,30)/t20-/m1/s1. The summed E-state index contributed by atoms with van der Waals surface area (Å²) in [6.07, 6.45) is -4.82. The van der Waals surface area contributed by atoms with Crippen LogP contribution in [-0.4, -0.2) is 27.5 Å². The van der Waals surface area contributed by atoms with Gasteiger partial charge in [-0.25, -0.2) is 8.42 Å². The first-order chi connectivity index (χ1) is 16.0. The van der Waals surface area contributed by atoms with Crippen LogP contribution in [0, 0.1) is 0 Å². The predicted octanol–water partition coefficient (Wildman–Crippen LogP) is 4.90. The van der Waals surface area contributed by atoms with Crippen molar-refractivity contribution in [3.05, 3.63) is 88.9 Å². The first-order valence-electron chi connectivity index (χ1n) is 9.88. The monoisotopic (exact) mass is 512 g/mol. The van der Waals surface area contributed by atoms with Crippen LogP contribution >= 0.6 is 11.6 Å². The average molecular weight is 513 g/mol. The number of sulfonamides is 1. The van der Waals surface area contributed by atoms with Gasteiger partial charge in [-0.3, -0.25) is 4.79 Å². The highest BCUT2D eigenvalue weighted by Gasteiger charge is 2.34. The molecule has 0 saturated carbocycles. The van der Waals surface area contributed by atoms with Crippen molar-refractivity contribution >= 4 is 33.2 Å². The third kappa shape index (κ3) is 6.28. The molecular weight excluding hydrogens is 493 g/mol. The molecule has 11 heteroatoms. The molecule has 3 aromatic rings. The van der Waals surface area contributed by atoms with Gasteiger partial charge in [0.1, 0.15) is 11.8 Å². The maximum atomic E-state index is 13.4. The van der Waals surface area contributed by atoms with E-state index in [-0.39, 0.29) is 22.1 Å². The van der Waals surface area contributed by atoms with E-state index in [9.17, 15) is 26.4 Å². The molecule has 0 spiro atoms. The molecule has 0 heterocycles. The molecule has 3 rings (SSSR count). The van der Waals surface area contributed by atoms with Crippen LogP contribution in [0.4, 0.5) is 18.9 Å². The number of hydrogen-bond donors (Lipinski definition) is 2. The molecule has 0 aromatic heterocycles. The number of ether oxygens (including phenoxy) is 1. The molecule has 0 fully saturated rings. The second-order valence-electron chi connectivity index (χ2n) is 7.19. The van der Waals surface area contributed by atoms with E-state index in [0.29, 0.717) is 5.56 Å². The summed E-state index contributed by atoms with van der Waals surface area (Å²) in [5.41, 5.74) is -0.932. The molecule has 0 radical (unpaired) electrons. The van der Waals surface area contributed by atoms with E-state index < -0.39 is 39.4 Å². The number of carbonyl (C=O) groups is 1. The molecule has 0 aliphatic carbocycles. The molecule has 3 aromatic carbocycles. The number of rotatable bonds is 8. The van der Waals surface area contributed by atoms with Crippen LogP contribution in [0.2, 0.25) is 5.02 Å². The number of methoxy groups -OCH3 is 1. The molecule has 180 valence electrons. The van der Waals surface area contributed by atoms with Crippen molar-refractivity contribution < 1.29 is 31.1 Å². The van der Waals surface area contributed by atoms with Gasteiger partial charge < -0.3 is 10.1 Å². The van der Waals surface area contributed by atoms with Gasteiger partial charge in [-0.1, -0.05) is 54.1 Å². The van der Waals surface area contributed by atoms with E-state index >= 15 is 0 Å². The number of carbonyl (C=O) groups excluding carboxylic acids is 1. The lowest BCUT2D eigenvalue weighted by Crippen LogP contribution is -2.45. The topological polar surface area (TPSA) is 84.5 Å². The molecular formula is C23H20ClF3N2O4S. The second kappa shape index (κ2) is 10.5. The van der Waals surface area contributed by atoms with Gasteiger partial charge in [0, 0.05) is 0 Å². The first kappa shape index (κ1) is 25.5. The number of hydrogen-bond acceptors (Lipinski definition) is 4. The number of amides is 1. The highest BCUT2D eigenvalue weighted by molar-refractivity contribution is 7.89. The van der Waals surface area contributed by atoms with Crippen molar-refractivity contribution in [1.82, 2.24) is 4.72 Å². The van der Waals surface area contributed by atoms with Crippen molar-refractivity contribution in [3.8, 4) is 5.75 Å². The Kier molecular flexibility index (Phi) is 7.86. The third-order valence-electron chi connectivity index (χ3n) is 4.82. The van der Waals surface area contributed by atoms with E-state index in [1.165, 1.54) is 31.4 Å². The van der Waals surface area contributed by atoms with Crippen molar-refractivity contribution in [2.75, 3.05) is 12.4 Å². The van der Waals surface area contributed by atoms with E-state index in [1.54, 1.807) is 30.3 Å². The molecule has 34 heavy (non-hydrogen) atoms. The average Bonchev–Trinajstić information content (AvgIpc) is 2.78. The lowest BCUT2D eigenvalue weighted by atomic mass is 10.1. The summed E-state index contributed by atoms with van der Waals surface area (Å²) in [6, 6.07) is 15.2. The molecule has 2 N–H and O–H groups in total. The Morgan fingerprint density at radius 2 is 1.68 bits per heavy atom. The Morgan fingerprint density at radius 1 is 1.03 bits per heavy atom. The van der Waals surface area contributed by atoms with Gasteiger partial charge >= 0.3 is 6.18 Å². The van der Waals surface area contributed by atoms with E-state index in [4.69, 9.17) is 16.3 Å². The van der Waals surface area contributed by atoms with Gasteiger partial charge in [-0.05, 0) is 42.3 Å². The number of halogens is 4. The fourth-order valence-electron chi connectivity index (χ4n) is 3.17.